The average Bonchev–Trinajstić information content (AvgIpc) is 3.03. The molecular formula is C14H15ClN4OS. The van der Waals surface area contributed by atoms with E-state index in [-0.39, 0.29) is 5.56 Å². The lowest BCUT2D eigenvalue weighted by Crippen LogP contribution is -2.27. The van der Waals surface area contributed by atoms with E-state index in [1.165, 1.54) is 4.88 Å². The van der Waals surface area contributed by atoms with Crippen LogP contribution in [-0.4, -0.2) is 20.7 Å². The van der Waals surface area contributed by atoms with E-state index in [0.717, 1.165) is 23.1 Å². The van der Waals surface area contributed by atoms with Crippen LogP contribution in [0.3, 0.4) is 0 Å². The Balaban J connectivity index is 1.62. The molecule has 0 radical (unpaired) electrons. The highest BCUT2D eigenvalue weighted by molar-refractivity contribution is 7.16. The number of hydrogen-bond acceptors (Lipinski definition) is 4. The van der Waals surface area contributed by atoms with Crippen molar-refractivity contribution in [2.75, 3.05) is 6.54 Å². The number of rotatable bonds is 5. The predicted octanol–water partition coefficient (Wildman–Crippen LogP) is 2.31. The fourth-order valence-corrected chi connectivity index (χ4v) is 3.24. The zero-order chi connectivity index (χ0) is 14.8. The van der Waals surface area contributed by atoms with Crippen LogP contribution < -0.4 is 10.9 Å². The number of nitrogens with zero attached hydrogens (tertiary/aromatic N) is 3. The summed E-state index contributed by atoms with van der Waals surface area (Å²) in [7, 11) is 0. The lowest BCUT2D eigenvalue weighted by Gasteiger charge is -2.07. The number of hydrogen-bond donors (Lipinski definition) is 1. The number of nitrogens with one attached hydrogen (secondary N) is 1. The predicted molar refractivity (Wildman–Crippen MR) is 85.2 cm³/mol. The molecule has 0 spiro atoms. The lowest BCUT2D eigenvalue weighted by molar-refractivity contribution is 0.585. The maximum atomic E-state index is 12.3. The average molecular weight is 323 g/mol. The molecule has 0 aromatic carbocycles. The zero-order valence-electron chi connectivity index (χ0n) is 11.5. The molecule has 3 aromatic heterocycles. The minimum Gasteiger partial charge on any atom is -0.311 e. The molecular weight excluding hydrogens is 308 g/mol. The first-order chi connectivity index (χ1) is 10.1. The highest BCUT2D eigenvalue weighted by Gasteiger charge is 2.05. The summed E-state index contributed by atoms with van der Waals surface area (Å²) in [5.41, 5.74) is 1.44. The van der Waals surface area contributed by atoms with Crippen LogP contribution in [0.25, 0.3) is 5.52 Å². The summed E-state index contributed by atoms with van der Waals surface area (Å²) in [6.45, 7) is 3.99. The second-order valence-electron chi connectivity index (χ2n) is 4.79. The summed E-state index contributed by atoms with van der Waals surface area (Å²) in [6, 6.07) is 5.71. The van der Waals surface area contributed by atoms with Crippen LogP contribution in [0.2, 0.25) is 4.34 Å². The largest absolute Gasteiger partial charge is 0.311 e. The Morgan fingerprint density at radius 3 is 3.00 bits per heavy atom. The van der Waals surface area contributed by atoms with Gasteiger partial charge < -0.3 is 9.88 Å². The Labute approximate surface area is 130 Å². The Morgan fingerprint density at radius 2 is 2.24 bits per heavy atom. The van der Waals surface area contributed by atoms with Gasteiger partial charge in [0.25, 0.3) is 5.56 Å². The number of aryl methyl sites for hydroxylation is 1. The van der Waals surface area contributed by atoms with E-state index in [0.29, 0.717) is 12.1 Å². The number of fused-ring (bicyclic) bond motifs is 1. The molecule has 0 unspecified atom stereocenters. The Bertz CT molecular complexity index is 820. The van der Waals surface area contributed by atoms with Crippen LogP contribution in [0, 0.1) is 6.92 Å². The van der Waals surface area contributed by atoms with Crippen LogP contribution >= 0.6 is 22.9 Å². The van der Waals surface area contributed by atoms with Crippen molar-refractivity contribution in [3.63, 3.8) is 0 Å². The van der Waals surface area contributed by atoms with Crippen molar-refractivity contribution in [1.82, 2.24) is 19.5 Å². The Hall–Kier alpha value is -1.63. The van der Waals surface area contributed by atoms with Gasteiger partial charge >= 0.3 is 0 Å². The molecule has 3 heterocycles. The second-order valence-corrected chi connectivity index (χ2v) is 6.59. The van der Waals surface area contributed by atoms with Crippen LogP contribution in [0.1, 0.15) is 10.6 Å². The van der Waals surface area contributed by atoms with Gasteiger partial charge in [0.2, 0.25) is 0 Å². The standard InChI is InChI=1S/C14H15ClN4OS/c1-10-8-12-14(20)18(6-7-19(12)17-10)5-4-16-9-11-2-3-13(15)21-11/h2-3,6-8,16H,4-5,9H2,1H3. The van der Waals surface area contributed by atoms with Crippen LogP contribution in [0.5, 0.6) is 0 Å². The summed E-state index contributed by atoms with van der Waals surface area (Å²) < 4.78 is 4.12. The van der Waals surface area contributed by atoms with Crippen LogP contribution in [0.4, 0.5) is 0 Å². The fourth-order valence-electron chi connectivity index (χ4n) is 2.18. The highest BCUT2D eigenvalue weighted by atomic mass is 35.5. The van der Waals surface area contributed by atoms with Gasteiger partial charge in [-0.15, -0.1) is 11.3 Å². The van der Waals surface area contributed by atoms with Crippen molar-refractivity contribution in [3.05, 3.63) is 55.9 Å². The van der Waals surface area contributed by atoms with Gasteiger partial charge in [-0.1, -0.05) is 11.6 Å². The van der Waals surface area contributed by atoms with E-state index < -0.39 is 0 Å². The van der Waals surface area contributed by atoms with Crippen molar-refractivity contribution in [1.29, 1.82) is 0 Å². The molecule has 110 valence electrons. The molecule has 0 aliphatic rings. The van der Waals surface area contributed by atoms with Crippen molar-refractivity contribution in [2.24, 2.45) is 0 Å². The monoisotopic (exact) mass is 322 g/mol. The van der Waals surface area contributed by atoms with Crippen molar-refractivity contribution >= 4 is 28.5 Å². The van der Waals surface area contributed by atoms with Gasteiger partial charge in [0, 0.05) is 36.9 Å². The molecule has 0 aliphatic carbocycles. The molecule has 3 aromatic rings. The van der Waals surface area contributed by atoms with E-state index in [4.69, 9.17) is 11.6 Å². The zero-order valence-corrected chi connectivity index (χ0v) is 13.1. The smallest absolute Gasteiger partial charge is 0.276 e. The summed E-state index contributed by atoms with van der Waals surface area (Å²) >= 11 is 7.45. The van der Waals surface area contributed by atoms with Gasteiger partial charge in [-0.2, -0.15) is 5.10 Å². The van der Waals surface area contributed by atoms with Crippen LogP contribution in [-0.2, 0) is 13.1 Å². The highest BCUT2D eigenvalue weighted by Crippen LogP contribution is 2.20. The Morgan fingerprint density at radius 1 is 1.38 bits per heavy atom. The van der Waals surface area contributed by atoms with E-state index >= 15 is 0 Å². The minimum absolute atomic E-state index is 0.0148. The summed E-state index contributed by atoms with van der Waals surface area (Å²) in [6.07, 6.45) is 3.58. The number of aromatic nitrogens is 3. The summed E-state index contributed by atoms with van der Waals surface area (Å²) in [4.78, 5) is 13.5. The summed E-state index contributed by atoms with van der Waals surface area (Å²) in [5, 5.41) is 7.54. The third kappa shape index (κ3) is 3.18. The molecule has 0 aliphatic heterocycles. The molecule has 0 saturated carbocycles. The molecule has 3 rings (SSSR count). The second kappa shape index (κ2) is 6.01. The Kier molecular flexibility index (Phi) is 4.10. The molecule has 21 heavy (non-hydrogen) atoms. The van der Waals surface area contributed by atoms with Gasteiger partial charge in [-0.25, -0.2) is 4.52 Å². The van der Waals surface area contributed by atoms with Gasteiger partial charge in [-0.05, 0) is 25.1 Å². The number of thiophene rings is 1. The van der Waals surface area contributed by atoms with Gasteiger partial charge in [0.15, 0.2) is 0 Å². The van der Waals surface area contributed by atoms with E-state index in [1.807, 2.05) is 25.3 Å². The summed E-state index contributed by atoms with van der Waals surface area (Å²) in [5.74, 6) is 0. The molecule has 0 fully saturated rings. The van der Waals surface area contributed by atoms with Gasteiger partial charge in [0.05, 0.1) is 10.0 Å². The van der Waals surface area contributed by atoms with Crippen LogP contribution in [0.15, 0.2) is 35.4 Å². The SMILES string of the molecule is Cc1cc2c(=O)n(CCNCc3ccc(Cl)s3)ccn2n1. The lowest BCUT2D eigenvalue weighted by atomic mass is 10.4. The molecule has 7 heteroatoms. The van der Waals surface area contributed by atoms with Crippen molar-refractivity contribution < 1.29 is 0 Å². The van der Waals surface area contributed by atoms with E-state index in [1.54, 1.807) is 32.7 Å². The molecule has 0 amide bonds. The first-order valence-corrected chi connectivity index (χ1v) is 7.83. The quantitative estimate of drug-likeness (QED) is 0.733. The third-order valence-electron chi connectivity index (χ3n) is 3.18. The van der Waals surface area contributed by atoms with E-state index in [2.05, 4.69) is 10.4 Å². The molecule has 0 saturated heterocycles. The normalized spacial score (nSPS) is 11.3. The minimum atomic E-state index is -0.0148. The van der Waals surface area contributed by atoms with Gasteiger partial charge in [0.1, 0.15) is 5.52 Å². The number of halogens is 1. The first-order valence-electron chi connectivity index (χ1n) is 6.64. The molecule has 0 atom stereocenters. The maximum absolute atomic E-state index is 12.3. The third-order valence-corrected chi connectivity index (χ3v) is 4.41. The molecule has 0 bridgehead atoms. The first kappa shape index (κ1) is 14.3. The van der Waals surface area contributed by atoms with Gasteiger partial charge in [-0.3, -0.25) is 4.79 Å². The molecule has 5 nitrogen and oxygen atoms in total. The maximum Gasteiger partial charge on any atom is 0.276 e. The van der Waals surface area contributed by atoms with Crippen molar-refractivity contribution in [3.8, 4) is 0 Å². The van der Waals surface area contributed by atoms with E-state index in [9.17, 15) is 4.79 Å². The van der Waals surface area contributed by atoms with Crippen molar-refractivity contribution in [2.45, 2.75) is 20.0 Å². The fraction of sp³-hybridized carbons (Fsp3) is 0.286. The molecule has 1 N–H and O–H groups in total. The topological polar surface area (TPSA) is 51.3 Å².